The number of nitrogens with zero attached hydrogens (tertiary/aromatic N) is 1. The van der Waals surface area contributed by atoms with Crippen LogP contribution < -0.4 is 0 Å². The van der Waals surface area contributed by atoms with Crippen molar-refractivity contribution in [2.75, 3.05) is 33.9 Å². The zero-order chi connectivity index (χ0) is 8.60. The summed E-state index contributed by atoms with van der Waals surface area (Å²) in [6.45, 7) is 2.64. The summed E-state index contributed by atoms with van der Waals surface area (Å²) in [5.41, 5.74) is 0.421. The number of hydrogen-bond donors (Lipinski definition) is 0. The smallest absolute Gasteiger partial charge is 0.0935 e. The Morgan fingerprint density at radius 2 is 2.33 bits per heavy atom. The summed E-state index contributed by atoms with van der Waals surface area (Å²) in [7, 11) is 3.92. The third-order valence-corrected chi connectivity index (χ3v) is 3.05. The summed E-state index contributed by atoms with van der Waals surface area (Å²) in [4.78, 5) is 2.43. The lowest BCUT2D eigenvalue weighted by Crippen LogP contribution is -2.50. The Balaban J connectivity index is 1.86. The standard InChI is InChI=1S/C9H17NO2/c1-10-5-8(6-11-2)12-7-9(10)3-4-9/h8H,3-7H2,1-2H3/t8-/m1/s1. The van der Waals surface area contributed by atoms with Crippen LogP contribution in [0.5, 0.6) is 0 Å². The highest BCUT2D eigenvalue weighted by molar-refractivity contribution is 5.05. The molecule has 0 aromatic rings. The van der Waals surface area contributed by atoms with E-state index in [1.807, 2.05) is 0 Å². The molecule has 70 valence electrons. The third-order valence-electron chi connectivity index (χ3n) is 3.05. The van der Waals surface area contributed by atoms with E-state index in [0.717, 1.165) is 19.8 Å². The molecule has 1 heterocycles. The van der Waals surface area contributed by atoms with E-state index in [2.05, 4.69) is 11.9 Å². The highest BCUT2D eigenvalue weighted by Gasteiger charge is 2.49. The fraction of sp³-hybridized carbons (Fsp3) is 1.00. The van der Waals surface area contributed by atoms with Crippen LogP contribution >= 0.6 is 0 Å². The van der Waals surface area contributed by atoms with Crippen molar-refractivity contribution in [3.8, 4) is 0 Å². The molecule has 12 heavy (non-hydrogen) atoms. The SMILES string of the molecule is COC[C@H]1CN(C)C2(CC2)CO1. The molecule has 3 heteroatoms. The van der Waals surface area contributed by atoms with Gasteiger partial charge in [0.25, 0.3) is 0 Å². The molecule has 0 unspecified atom stereocenters. The van der Waals surface area contributed by atoms with Gasteiger partial charge >= 0.3 is 0 Å². The number of morpholine rings is 1. The van der Waals surface area contributed by atoms with Gasteiger partial charge in [-0.3, -0.25) is 4.90 Å². The Morgan fingerprint density at radius 1 is 1.58 bits per heavy atom. The van der Waals surface area contributed by atoms with Gasteiger partial charge in [-0.1, -0.05) is 0 Å². The lowest BCUT2D eigenvalue weighted by Gasteiger charge is -2.37. The number of likely N-dealkylation sites (N-methyl/N-ethyl adjacent to an activating group) is 1. The van der Waals surface area contributed by atoms with Crippen LogP contribution in [-0.4, -0.2) is 50.5 Å². The van der Waals surface area contributed by atoms with Crippen molar-refractivity contribution in [3.05, 3.63) is 0 Å². The van der Waals surface area contributed by atoms with Gasteiger partial charge in [0.1, 0.15) is 0 Å². The minimum absolute atomic E-state index is 0.284. The van der Waals surface area contributed by atoms with Gasteiger partial charge in [0, 0.05) is 19.2 Å². The third kappa shape index (κ3) is 1.37. The van der Waals surface area contributed by atoms with Crippen LogP contribution in [0.3, 0.4) is 0 Å². The minimum Gasteiger partial charge on any atom is -0.382 e. The van der Waals surface area contributed by atoms with Crippen LogP contribution in [0.4, 0.5) is 0 Å². The predicted octanol–water partition coefficient (Wildman–Crippen LogP) is 0.496. The minimum atomic E-state index is 0.284. The molecule has 2 rings (SSSR count). The molecule has 0 radical (unpaired) electrons. The molecule has 1 spiro atoms. The Bertz CT molecular complexity index is 168. The highest BCUT2D eigenvalue weighted by atomic mass is 16.5. The van der Waals surface area contributed by atoms with E-state index in [1.165, 1.54) is 12.8 Å². The average molecular weight is 171 g/mol. The summed E-state index contributed by atoms with van der Waals surface area (Å²) >= 11 is 0. The Kier molecular flexibility index (Phi) is 2.10. The quantitative estimate of drug-likeness (QED) is 0.604. The highest BCUT2D eigenvalue weighted by Crippen LogP contribution is 2.43. The summed E-state index contributed by atoms with van der Waals surface area (Å²) in [6.07, 6.45) is 2.90. The first-order valence-corrected chi connectivity index (χ1v) is 4.59. The number of ether oxygens (including phenoxy) is 2. The summed E-state index contributed by atoms with van der Waals surface area (Å²) < 4.78 is 10.8. The van der Waals surface area contributed by atoms with E-state index in [0.29, 0.717) is 5.54 Å². The molecule has 1 aliphatic carbocycles. The number of rotatable bonds is 2. The molecular formula is C9H17NO2. The van der Waals surface area contributed by atoms with Crippen LogP contribution in [0, 0.1) is 0 Å². The van der Waals surface area contributed by atoms with Crippen molar-refractivity contribution >= 4 is 0 Å². The van der Waals surface area contributed by atoms with Gasteiger partial charge in [0.15, 0.2) is 0 Å². The fourth-order valence-electron chi connectivity index (χ4n) is 1.89. The Morgan fingerprint density at radius 3 is 2.83 bits per heavy atom. The number of methoxy groups -OCH3 is 1. The largest absolute Gasteiger partial charge is 0.382 e. The van der Waals surface area contributed by atoms with Gasteiger partial charge in [0.05, 0.1) is 19.3 Å². The molecule has 3 nitrogen and oxygen atoms in total. The van der Waals surface area contributed by atoms with Crippen molar-refractivity contribution in [2.24, 2.45) is 0 Å². The molecule has 1 saturated carbocycles. The first-order valence-electron chi connectivity index (χ1n) is 4.59. The Hall–Kier alpha value is -0.120. The van der Waals surface area contributed by atoms with E-state index < -0.39 is 0 Å². The first kappa shape index (κ1) is 8.48. The lowest BCUT2D eigenvalue weighted by molar-refractivity contribution is -0.0889. The van der Waals surface area contributed by atoms with Gasteiger partial charge in [0.2, 0.25) is 0 Å². The molecule has 2 aliphatic rings. The molecule has 2 fully saturated rings. The molecule has 0 aromatic heterocycles. The van der Waals surface area contributed by atoms with E-state index in [4.69, 9.17) is 9.47 Å². The summed E-state index contributed by atoms with van der Waals surface area (Å²) in [5.74, 6) is 0. The van der Waals surface area contributed by atoms with Crippen LogP contribution in [0.25, 0.3) is 0 Å². The second kappa shape index (κ2) is 2.98. The van der Waals surface area contributed by atoms with E-state index in [1.54, 1.807) is 7.11 Å². The van der Waals surface area contributed by atoms with Gasteiger partial charge < -0.3 is 9.47 Å². The van der Waals surface area contributed by atoms with Crippen LogP contribution in [0.1, 0.15) is 12.8 Å². The molecule has 1 atom stereocenters. The summed E-state index contributed by atoms with van der Waals surface area (Å²) in [6, 6.07) is 0. The lowest BCUT2D eigenvalue weighted by atomic mass is 10.2. The molecular weight excluding hydrogens is 154 g/mol. The van der Waals surface area contributed by atoms with Crippen molar-refractivity contribution < 1.29 is 9.47 Å². The molecule has 1 aliphatic heterocycles. The zero-order valence-electron chi connectivity index (χ0n) is 7.88. The average Bonchev–Trinajstić information content (AvgIpc) is 2.80. The second-order valence-electron chi connectivity index (χ2n) is 3.99. The second-order valence-corrected chi connectivity index (χ2v) is 3.99. The summed E-state index contributed by atoms with van der Waals surface area (Å²) in [5, 5.41) is 0. The first-order chi connectivity index (χ1) is 5.77. The fourth-order valence-corrected chi connectivity index (χ4v) is 1.89. The molecule has 0 N–H and O–H groups in total. The van der Waals surface area contributed by atoms with Crippen molar-refractivity contribution in [1.82, 2.24) is 4.90 Å². The maximum atomic E-state index is 5.70. The molecule has 0 aromatic carbocycles. The van der Waals surface area contributed by atoms with Gasteiger partial charge in [-0.15, -0.1) is 0 Å². The van der Waals surface area contributed by atoms with Crippen molar-refractivity contribution in [3.63, 3.8) is 0 Å². The molecule has 0 bridgehead atoms. The predicted molar refractivity (Wildman–Crippen MR) is 46.2 cm³/mol. The maximum absolute atomic E-state index is 5.70. The van der Waals surface area contributed by atoms with E-state index in [9.17, 15) is 0 Å². The van der Waals surface area contributed by atoms with Gasteiger partial charge in [-0.25, -0.2) is 0 Å². The van der Waals surface area contributed by atoms with Crippen LogP contribution in [0.15, 0.2) is 0 Å². The molecule has 0 amide bonds. The van der Waals surface area contributed by atoms with Crippen molar-refractivity contribution in [2.45, 2.75) is 24.5 Å². The molecule has 1 saturated heterocycles. The monoisotopic (exact) mass is 171 g/mol. The Labute approximate surface area is 73.6 Å². The van der Waals surface area contributed by atoms with Crippen LogP contribution in [-0.2, 0) is 9.47 Å². The number of hydrogen-bond acceptors (Lipinski definition) is 3. The zero-order valence-corrected chi connectivity index (χ0v) is 7.88. The normalized spacial score (nSPS) is 34.0. The maximum Gasteiger partial charge on any atom is 0.0935 e. The van der Waals surface area contributed by atoms with Gasteiger partial charge in [-0.2, -0.15) is 0 Å². The van der Waals surface area contributed by atoms with Crippen LogP contribution in [0.2, 0.25) is 0 Å². The topological polar surface area (TPSA) is 21.7 Å². The van der Waals surface area contributed by atoms with Crippen molar-refractivity contribution in [1.29, 1.82) is 0 Å². The van der Waals surface area contributed by atoms with E-state index in [-0.39, 0.29) is 6.10 Å². The van der Waals surface area contributed by atoms with E-state index >= 15 is 0 Å². The van der Waals surface area contributed by atoms with Gasteiger partial charge in [-0.05, 0) is 19.9 Å².